The summed E-state index contributed by atoms with van der Waals surface area (Å²) < 4.78 is 40.9. The summed E-state index contributed by atoms with van der Waals surface area (Å²) >= 11 is 0. The zero-order valence-electron chi connectivity index (χ0n) is 17.1. The highest BCUT2D eigenvalue weighted by Gasteiger charge is 2.29. The van der Waals surface area contributed by atoms with E-state index in [0.29, 0.717) is 17.7 Å². The molecule has 2 amide bonds. The Balaban J connectivity index is 1.73. The molecule has 160 valence electrons. The first kappa shape index (κ1) is 21.7. The molecule has 3 rings (SSSR count). The fourth-order valence-electron chi connectivity index (χ4n) is 3.09. The van der Waals surface area contributed by atoms with E-state index in [1.54, 1.807) is 12.1 Å². The lowest BCUT2D eigenvalue weighted by Gasteiger charge is -2.29. The predicted octanol–water partition coefficient (Wildman–Crippen LogP) is 4.61. The predicted molar refractivity (Wildman–Crippen MR) is 107 cm³/mol. The molecule has 0 radical (unpaired) electrons. The van der Waals surface area contributed by atoms with Gasteiger partial charge in [0.05, 0.1) is 18.8 Å². The van der Waals surface area contributed by atoms with Crippen molar-refractivity contribution < 1.29 is 22.8 Å². The van der Waals surface area contributed by atoms with Crippen LogP contribution in [0.5, 0.6) is 0 Å². The Morgan fingerprint density at radius 2 is 1.90 bits per heavy atom. The Bertz CT molecular complexity index is 957. The molecule has 0 spiro atoms. The van der Waals surface area contributed by atoms with Crippen molar-refractivity contribution in [1.82, 2.24) is 10.2 Å². The van der Waals surface area contributed by atoms with Crippen molar-refractivity contribution >= 4 is 11.7 Å². The van der Waals surface area contributed by atoms with Crippen LogP contribution in [0.25, 0.3) is 0 Å². The number of nitrogens with zero attached hydrogens (tertiary/aromatic N) is 2. The molecule has 5 nitrogen and oxygen atoms in total. The van der Waals surface area contributed by atoms with Gasteiger partial charge in [0.15, 0.2) is 6.10 Å². The van der Waals surface area contributed by atoms with Crippen LogP contribution < -0.4 is 5.32 Å². The number of nitrogens with one attached hydrogen (secondary N) is 1. The monoisotopic (exact) mass is 419 g/mol. The standard InChI is InChI=1S/C22H24F3N3O2/c1-22(2,3)26-21(29)28(12-15-7-8-17(24)10-19(15)25)13-18-11-20(27-30-18)14-5-4-6-16(23)9-14/h4-10,18H,11-13H2,1-3H3,(H,26,29)/t18-/m1/s1. The van der Waals surface area contributed by atoms with Gasteiger partial charge >= 0.3 is 6.03 Å². The van der Waals surface area contributed by atoms with Crippen molar-refractivity contribution in [1.29, 1.82) is 0 Å². The van der Waals surface area contributed by atoms with E-state index in [4.69, 9.17) is 4.84 Å². The highest BCUT2D eigenvalue weighted by atomic mass is 19.1. The molecule has 2 aromatic carbocycles. The minimum atomic E-state index is -0.729. The van der Waals surface area contributed by atoms with Crippen LogP contribution in [0.15, 0.2) is 47.6 Å². The summed E-state index contributed by atoms with van der Waals surface area (Å²) in [6.45, 7) is 5.56. The molecule has 1 N–H and O–H groups in total. The smallest absolute Gasteiger partial charge is 0.318 e. The topological polar surface area (TPSA) is 53.9 Å². The van der Waals surface area contributed by atoms with E-state index < -0.39 is 29.3 Å². The van der Waals surface area contributed by atoms with Crippen molar-refractivity contribution in [2.75, 3.05) is 6.54 Å². The third-order valence-electron chi connectivity index (χ3n) is 4.46. The van der Waals surface area contributed by atoms with Crippen LogP contribution in [0.1, 0.15) is 38.3 Å². The van der Waals surface area contributed by atoms with Crippen LogP contribution in [0, 0.1) is 17.5 Å². The number of rotatable bonds is 5. The van der Waals surface area contributed by atoms with Gasteiger partial charge in [0, 0.05) is 29.2 Å². The lowest BCUT2D eigenvalue weighted by Crippen LogP contribution is -2.50. The van der Waals surface area contributed by atoms with Crippen LogP contribution >= 0.6 is 0 Å². The number of hydrogen-bond acceptors (Lipinski definition) is 3. The van der Waals surface area contributed by atoms with Gasteiger partial charge in [-0.2, -0.15) is 0 Å². The summed E-state index contributed by atoms with van der Waals surface area (Å²) in [6.07, 6.45) is -0.105. The van der Waals surface area contributed by atoms with E-state index in [-0.39, 0.29) is 24.5 Å². The minimum absolute atomic E-state index is 0.0663. The Morgan fingerprint density at radius 3 is 2.57 bits per heavy atom. The van der Waals surface area contributed by atoms with Gasteiger partial charge in [0.2, 0.25) is 0 Å². The molecular formula is C22H24F3N3O2. The highest BCUT2D eigenvalue weighted by molar-refractivity contribution is 6.01. The quantitative estimate of drug-likeness (QED) is 0.770. The third kappa shape index (κ3) is 5.75. The van der Waals surface area contributed by atoms with Crippen LogP contribution in [0.4, 0.5) is 18.0 Å². The van der Waals surface area contributed by atoms with Crippen molar-refractivity contribution in [3.63, 3.8) is 0 Å². The number of carbonyl (C=O) groups excluding carboxylic acids is 1. The summed E-state index contributed by atoms with van der Waals surface area (Å²) in [5, 5.41) is 6.86. The fourth-order valence-corrected chi connectivity index (χ4v) is 3.09. The van der Waals surface area contributed by atoms with Crippen LogP contribution in [-0.4, -0.2) is 34.8 Å². The molecule has 0 fully saturated rings. The number of urea groups is 1. The zero-order chi connectivity index (χ0) is 21.9. The van der Waals surface area contributed by atoms with Crippen molar-refractivity contribution in [3.05, 3.63) is 71.0 Å². The number of oxime groups is 1. The number of carbonyl (C=O) groups is 1. The lowest BCUT2D eigenvalue weighted by molar-refractivity contribution is 0.0578. The zero-order valence-corrected chi connectivity index (χ0v) is 17.1. The van der Waals surface area contributed by atoms with E-state index in [1.165, 1.54) is 23.1 Å². The van der Waals surface area contributed by atoms with E-state index in [9.17, 15) is 18.0 Å². The van der Waals surface area contributed by atoms with Gasteiger partial charge in [-0.05, 0) is 39.0 Å². The summed E-state index contributed by atoms with van der Waals surface area (Å²) in [5.41, 5.74) is 0.859. The number of benzene rings is 2. The maximum absolute atomic E-state index is 14.2. The fraction of sp³-hybridized carbons (Fsp3) is 0.364. The van der Waals surface area contributed by atoms with Gasteiger partial charge in [-0.25, -0.2) is 18.0 Å². The van der Waals surface area contributed by atoms with Gasteiger partial charge in [0.25, 0.3) is 0 Å². The van der Waals surface area contributed by atoms with E-state index in [1.807, 2.05) is 20.8 Å². The van der Waals surface area contributed by atoms with Crippen LogP contribution in [0.3, 0.4) is 0 Å². The largest absolute Gasteiger partial charge is 0.390 e. The molecule has 0 bridgehead atoms. The number of halogens is 3. The van der Waals surface area contributed by atoms with Crippen molar-refractivity contribution in [2.45, 2.75) is 45.4 Å². The molecule has 0 aliphatic carbocycles. The van der Waals surface area contributed by atoms with Crippen LogP contribution in [0.2, 0.25) is 0 Å². The summed E-state index contributed by atoms with van der Waals surface area (Å²) in [5.74, 6) is -1.79. The molecule has 30 heavy (non-hydrogen) atoms. The summed E-state index contributed by atoms with van der Waals surface area (Å²) in [4.78, 5) is 19.6. The molecule has 2 aromatic rings. The second kappa shape index (κ2) is 8.77. The molecule has 8 heteroatoms. The first-order chi connectivity index (χ1) is 14.1. The lowest BCUT2D eigenvalue weighted by atomic mass is 10.0. The second-order valence-electron chi connectivity index (χ2n) is 8.28. The SMILES string of the molecule is CC(C)(C)NC(=O)N(Cc1ccc(F)cc1F)C[C@H]1CC(c2cccc(F)c2)=NO1. The van der Waals surface area contributed by atoms with Gasteiger partial charge in [-0.15, -0.1) is 0 Å². The van der Waals surface area contributed by atoms with E-state index >= 15 is 0 Å². The second-order valence-corrected chi connectivity index (χ2v) is 8.28. The van der Waals surface area contributed by atoms with Crippen LogP contribution in [-0.2, 0) is 11.4 Å². The first-order valence-electron chi connectivity index (χ1n) is 9.60. The van der Waals surface area contributed by atoms with E-state index in [0.717, 1.165) is 12.1 Å². The highest BCUT2D eigenvalue weighted by Crippen LogP contribution is 2.20. The maximum atomic E-state index is 14.2. The number of amides is 2. The first-order valence-corrected chi connectivity index (χ1v) is 9.60. The van der Waals surface area contributed by atoms with Gasteiger partial charge in [0.1, 0.15) is 17.5 Å². The molecule has 1 aliphatic heterocycles. The molecule has 0 unspecified atom stereocenters. The molecule has 0 saturated carbocycles. The van der Waals surface area contributed by atoms with Gasteiger partial charge < -0.3 is 15.1 Å². The molecule has 1 atom stereocenters. The molecule has 0 aromatic heterocycles. The molecule has 1 heterocycles. The summed E-state index contributed by atoms with van der Waals surface area (Å²) in [6, 6.07) is 8.85. The third-order valence-corrected chi connectivity index (χ3v) is 4.46. The Kier molecular flexibility index (Phi) is 6.34. The Hall–Kier alpha value is -3.03. The average molecular weight is 419 g/mol. The maximum Gasteiger partial charge on any atom is 0.318 e. The van der Waals surface area contributed by atoms with E-state index in [2.05, 4.69) is 10.5 Å². The number of hydrogen-bond donors (Lipinski definition) is 1. The van der Waals surface area contributed by atoms with Gasteiger partial charge in [-0.1, -0.05) is 23.4 Å². The van der Waals surface area contributed by atoms with Crippen molar-refractivity contribution in [3.8, 4) is 0 Å². The normalized spacial score (nSPS) is 16.1. The van der Waals surface area contributed by atoms with Crippen molar-refractivity contribution in [2.24, 2.45) is 5.16 Å². The molecule has 0 saturated heterocycles. The molecular weight excluding hydrogens is 395 g/mol. The Labute approximate surface area is 173 Å². The minimum Gasteiger partial charge on any atom is -0.390 e. The Morgan fingerprint density at radius 1 is 1.17 bits per heavy atom. The molecule has 1 aliphatic rings. The summed E-state index contributed by atoms with van der Waals surface area (Å²) in [7, 11) is 0. The average Bonchev–Trinajstić information content (AvgIpc) is 3.10. The van der Waals surface area contributed by atoms with Gasteiger partial charge in [-0.3, -0.25) is 0 Å².